The second kappa shape index (κ2) is 5.32. The van der Waals surface area contributed by atoms with E-state index in [4.69, 9.17) is 0 Å². The number of hydrogen-bond acceptors (Lipinski definition) is 4. The van der Waals surface area contributed by atoms with Crippen LogP contribution >= 0.6 is 0 Å². The van der Waals surface area contributed by atoms with Gasteiger partial charge in [-0.1, -0.05) is 0 Å². The summed E-state index contributed by atoms with van der Waals surface area (Å²) in [4.78, 5) is 10.7. The van der Waals surface area contributed by atoms with E-state index in [2.05, 4.69) is 10.1 Å². The number of rotatable bonds is 3. The molecule has 0 radical (unpaired) electrons. The maximum Gasteiger partial charge on any atom is 0.406 e. The van der Waals surface area contributed by atoms with Crippen LogP contribution in [0.25, 0.3) is 0 Å². The van der Waals surface area contributed by atoms with Crippen LogP contribution in [0.2, 0.25) is 0 Å². The van der Waals surface area contributed by atoms with Crippen LogP contribution in [-0.4, -0.2) is 51.3 Å². The first-order valence-electron chi connectivity index (χ1n) is 4.86. The van der Waals surface area contributed by atoms with Crippen molar-refractivity contribution in [3.05, 3.63) is 0 Å². The van der Waals surface area contributed by atoms with Crippen LogP contribution in [0, 0.1) is 0 Å². The van der Waals surface area contributed by atoms with E-state index in [1.54, 1.807) is 0 Å². The van der Waals surface area contributed by atoms with Crippen molar-refractivity contribution in [3.63, 3.8) is 0 Å². The van der Waals surface area contributed by atoms with Crippen molar-refractivity contribution in [2.45, 2.75) is 12.8 Å². The maximum atomic E-state index is 11.5. The zero-order valence-electron chi connectivity index (χ0n) is 8.73. The van der Waals surface area contributed by atoms with E-state index in [1.165, 1.54) is 11.4 Å². The second-order valence-electron chi connectivity index (χ2n) is 3.34. The molecule has 0 aromatic carbocycles. The molecule has 0 bridgehead atoms. The quantitative estimate of drug-likeness (QED) is 0.734. The Hall–Kier alpha value is -0.820. The molecule has 15 heavy (non-hydrogen) atoms. The maximum absolute atomic E-state index is 11.5. The molecule has 1 heterocycles. The normalized spacial score (nSPS) is 20.9. The largest absolute Gasteiger partial charge is 0.453 e. The molecule has 1 aliphatic rings. The minimum absolute atomic E-state index is 0.214. The Bertz CT molecular complexity index is 315. The number of hydrogen-bond donors (Lipinski definition) is 1. The molecule has 1 N–H and O–H groups in total. The third-order valence-corrected chi connectivity index (χ3v) is 4.23. The van der Waals surface area contributed by atoms with Gasteiger partial charge in [0.15, 0.2) is 0 Å². The molecule has 7 heteroatoms. The van der Waals surface area contributed by atoms with Crippen molar-refractivity contribution >= 4 is 16.1 Å². The summed E-state index contributed by atoms with van der Waals surface area (Å²) in [5.74, 6) is 0.214. The molecule has 88 valence electrons. The standard InChI is InChI=1S/C8H16N2O4S/c1-14-8(11)9-4-6-10-5-2-3-7-15(10,12)13/h2-7H2,1H3,(H,9,11). The Morgan fingerprint density at radius 3 is 2.80 bits per heavy atom. The van der Waals surface area contributed by atoms with Gasteiger partial charge in [-0.2, -0.15) is 0 Å². The third kappa shape index (κ3) is 3.67. The Balaban J connectivity index is 2.34. The lowest BCUT2D eigenvalue weighted by atomic mass is 10.3. The van der Waals surface area contributed by atoms with Crippen molar-refractivity contribution in [3.8, 4) is 0 Å². The summed E-state index contributed by atoms with van der Waals surface area (Å²) in [7, 11) is -1.82. The highest BCUT2D eigenvalue weighted by atomic mass is 32.2. The molecule has 0 unspecified atom stereocenters. The van der Waals surface area contributed by atoms with E-state index in [-0.39, 0.29) is 12.3 Å². The first kappa shape index (κ1) is 12.3. The number of carbonyl (C=O) groups excluding carboxylic acids is 1. The highest BCUT2D eigenvalue weighted by Crippen LogP contribution is 2.12. The lowest BCUT2D eigenvalue weighted by Gasteiger charge is -2.25. The minimum Gasteiger partial charge on any atom is -0.453 e. The monoisotopic (exact) mass is 236 g/mol. The van der Waals surface area contributed by atoms with Gasteiger partial charge in [-0.15, -0.1) is 0 Å². The summed E-state index contributed by atoms with van der Waals surface area (Å²) in [5.41, 5.74) is 0. The third-order valence-electron chi connectivity index (χ3n) is 2.27. The number of nitrogens with zero attached hydrogens (tertiary/aromatic N) is 1. The molecule has 0 atom stereocenters. The fraction of sp³-hybridized carbons (Fsp3) is 0.875. The topological polar surface area (TPSA) is 75.7 Å². The summed E-state index contributed by atoms with van der Waals surface area (Å²) >= 11 is 0. The van der Waals surface area contributed by atoms with Gasteiger partial charge in [-0.05, 0) is 12.8 Å². The molecule has 1 fully saturated rings. The molecular formula is C8H16N2O4S. The fourth-order valence-electron chi connectivity index (χ4n) is 1.45. The van der Waals surface area contributed by atoms with Gasteiger partial charge < -0.3 is 10.1 Å². The highest BCUT2D eigenvalue weighted by molar-refractivity contribution is 7.89. The Labute approximate surface area is 89.6 Å². The van der Waals surface area contributed by atoms with Crippen molar-refractivity contribution in [2.24, 2.45) is 0 Å². The molecular weight excluding hydrogens is 220 g/mol. The van der Waals surface area contributed by atoms with Crippen LogP contribution in [0.1, 0.15) is 12.8 Å². The number of alkyl carbamates (subject to hydrolysis) is 1. The summed E-state index contributed by atoms with van der Waals surface area (Å²) in [5, 5.41) is 2.45. The zero-order chi connectivity index (χ0) is 11.3. The van der Waals surface area contributed by atoms with Crippen molar-refractivity contribution in [1.82, 2.24) is 9.62 Å². The highest BCUT2D eigenvalue weighted by Gasteiger charge is 2.24. The van der Waals surface area contributed by atoms with E-state index in [9.17, 15) is 13.2 Å². The van der Waals surface area contributed by atoms with Gasteiger partial charge in [-0.25, -0.2) is 17.5 Å². The summed E-state index contributed by atoms with van der Waals surface area (Å²) in [6.07, 6.45) is 1.07. The lowest BCUT2D eigenvalue weighted by molar-refractivity contribution is 0.170. The van der Waals surface area contributed by atoms with Gasteiger partial charge in [0.05, 0.1) is 12.9 Å². The number of nitrogens with one attached hydrogen (secondary N) is 1. The number of sulfonamides is 1. The van der Waals surface area contributed by atoms with Crippen molar-refractivity contribution in [1.29, 1.82) is 0 Å². The van der Waals surface area contributed by atoms with Crippen molar-refractivity contribution < 1.29 is 17.9 Å². The summed E-state index contributed by atoms with van der Waals surface area (Å²) < 4.78 is 28.8. The molecule has 0 aliphatic carbocycles. The van der Waals surface area contributed by atoms with Crippen LogP contribution in [0.15, 0.2) is 0 Å². The van der Waals surface area contributed by atoms with Crippen LogP contribution in [-0.2, 0) is 14.8 Å². The van der Waals surface area contributed by atoms with Crippen LogP contribution in [0.3, 0.4) is 0 Å². The molecule has 0 spiro atoms. The van der Waals surface area contributed by atoms with Gasteiger partial charge >= 0.3 is 6.09 Å². The lowest BCUT2D eigenvalue weighted by Crippen LogP contribution is -2.42. The fourth-order valence-corrected chi connectivity index (χ4v) is 3.05. The molecule has 0 aromatic rings. The minimum atomic E-state index is -3.09. The van der Waals surface area contributed by atoms with Crippen LogP contribution in [0.4, 0.5) is 4.79 Å². The molecule has 1 amide bonds. The molecule has 6 nitrogen and oxygen atoms in total. The SMILES string of the molecule is COC(=O)NCCN1CCCCS1(=O)=O. The van der Waals surface area contributed by atoms with E-state index < -0.39 is 16.1 Å². The van der Waals surface area contributed by atoms with Gasteiger partial charge in [0.1, 0.15) is 0 Å². The molecule has 0 saturated carbocycles. The zero-order valence-corrected chi connectivity index (χ0v) is 9.55. The first-order valence-corrected chi connectivity index (χ1v) is 6.47. The Kier molecular flexibility index (Phi) is 4.34. The van der Waals surface area contributed by atoms with Crippen molar-refractivity contribution in [2.75, 3.05) is 32.5 Å². The molecule has 0 aromatic heterocycles. The molecule has 1 aliphatic heterocycles. The summed E-state index contributed by atoms with van der Waals surface area (Å²) in [6.45, 7) is 1.15. The van der Waals surface area contributed by atoms with Crippen LogP contribution < -0.4 is 5.32 Å². The van der Waals surface area contributed by atoms with Gasteiger partial charge in [0.25, 0.3) is 0 Å². The predicted octanol–water partition coefficient (Wildman–Crippen LogP) is -0.232. The van der Waals surface area contributed by atoms with Crippen LogP contribution in [0.5, 0.6) is 0 Å². The number of carbonyl (C=O) groups is 1. The van der Waals surface area contributed by atoms with Gasteiger partial charge in [0, 0.05) is 19.6 Å². The summed E-state index contributed by atoms with van der Waals surface area (Å²) in [6, 6.07) is 0. The smallest absolute Gasteiger partial charge is 0.406 e. The Morgan fingerprint density at radius 1 is 1.47 bits per heavy atom. The van der Waals surface area contributed by atoms with E-state index >= 15 is 0 Å². The second-order valence-corrected chi connectivity index (χ2v) is 5.43. The van der Waals surface area contributed by atoms with Gasteiger partial charge in [-0.3, -0.25) is 0 Å². The average molecular weight is 236 g/mol. The van der Waals surface area contributed by atoms with Gasteiger partial charge in [0.2, 0.25) is 10.0 Å². The number of amides is 1. The predicted molar refractivity (Wildman–Crippen MR) is 55.0 cm³/mol. The first-order chi connectivity index (χ1) is 7.06. The Morgan fingerprint density at radius 2 is 2.20 bits per heavy atom. The number of ether oxygens (including phenoxy) is 1. The molecule has 1 rings (SSSR count). The van der Waals surface area contributed by atoms with E-state index in [1.807, 2.05) is 0 Å². The number of methoxy groups -OCH3 is 1. The average Bonchev–Trinajstić information content (AvgIpc) is 2.20. The molecule has 1 saturated heterocycles. The van der Waals surface area contributed by atoms with E-state index in [0.717, 1.165) is 12.8 Å². The van der Waals surface area contributed by atoms with E-state index in [0.29, 0.717) is 13.1 Å².